The lowest BCUT2D eigenvalue weighted by Crippen LogP contribution is -2.39. The number of pyridine rings is 1. The summed E-state index contributed by atoms with van der Waals surface area (Å²) in [7, 11) is 0. The van der Waals surface area contributed by atoms with Crippen LogP contribution in [0.2, 0.25) is 0 Å². The van der Waals surface area contributed by atoms with Gasteiger partial charge in [0, 0.05) is 11.8 Å². The van der Waals surface area contributed by atoms with Gasteiger partial charge in [-0.15, -0.1) is 0 Å². The van der Waals surface area contributed by atoms with Crippen LogP contribution < -0.4 is 10.5 Å². The third-order valence-electron chi connectivity index (χ3n) is 6.53. The van der Waals surface area contributed by atoms with Crippen LogP contribution in [0.5, 0.6) is 5.75 Å². The van der Waals surface area contributed by atoms with Gasteiger partial charge in [0.15, 0.2) is 5.60 Å². The molecule has 4 aromatic rings. The van der Waals surface area contributed by atoms with Gasteiger partial charge in [-0.2, -0.15) is 0 Å². The molecule has 174 valence electrons. The molecule has 1 aromatic heterocycles. The maximum Gasteiger partial charge on any atom is 0.249 e. The number of nitrogens with two attached hydrogens (primary N) is 1. The van der Waals surface area contributed by atoms with Crippen molar-refractivity contribution in [3.63, 3.8) is 0 Å². The number of aryl methyl sites for hydroxylation is 1. The van der Waals surface area contributed by atoms with Gasteiger partial charge in [-0.25, -0.2) is 0 Å². The number of hydrogen-bond donors (Lipinski definition) is 2. The average molecular weight is 463 g/mol. The number of amides is 1. The highest BCUT2D eigenvalue weighted by Crippen LogP contribution is 2.43. The van der Waals surface area contributed by atoms with Gasteiger partial charge in [0.05, 0.1) is 11.3 Å². The minimum atomic E-state index is -1.07. The molecule has 0 radical (unpaired) electrons. The zero-order valence-electron chi connectivity index (χ0n) is 19.6. The maximum atomic E-state index is 12.5. The summed E-state index contributed by atoms with van der Waals surface area (Å²) >= 11 is 0. The molecule has 1 amide bonds. The smallest absolute Gasteiger partial charge is 0.249 e. The third kappa shape index (κ3) is 4.22. The number of aliphatic hydroxyl groups is 1. The fraction of sp³-hybridized carbons (Fsp3) is 0.133. The molecule has 2 atom stereocenters. The van der Waals surface area contributed by atoms with Gasteiger partial charge in [-0.1, -0.05) is 66.2 Å². The largest absolute Gasteiger partial charge is 0.477 e. The zero-order chi connectivity index (χ0) is 24.6. The maximum absolute atomic E-state index is 12.5. The molecule has 35 heavy (non-hydrogen) atoms. The second-order valence-electron chi connectivity index (χ2n) is 8.96. The van der Waals surface area contributed by atoms with E-state index < -0.39 is 17.6 Å². The number of aromatic nitrogens is 1. The van der Waals surface area contributed by atoms with E-state index >= 15 is 0 Å². The first-order valence-electron chi connectivity index (χ1n) is 11.5. The molecule has 5 heteroatoms. The van der Waals surface area contributed by atoms with Crippen LogP contribution in [0.25, 0.3) is 17.2 Å². The van der Waals surface area contributed by atoms with Crippen LogP contribution in [0, 0.1) is 6.92 Å². The van der Waals surface area contributed by atoms with Crippen molar-refractivity contribution in [3.05, 3.63) is 125 Å². The van der Waals surface area contributed by atoms with Crippen molar-refractivity contribution >= 4 is 12.0 Å². The predicted molar refractivity (Wildman–Crippen MR) is 137 cm³/mol. The highest BCUT2D eigenvalue weighted by molar-refractivity contribution is 6.00. The Morgan fingerprint density at radius 3 is 2.34 bits per heavy atom. The van der Waals surface area contributed by atoms with Crippen molar-refractivity contribution in [1.29, 1.82) is 0 Å². The van der Waals surface area contributed by atoms with Crippen LogP contribution in [0.15, 0.2) is 96.7 Å². The Labute approximate surface area is 204 Å². The number of benzene rings is 3. The SMILES string of the molecule is Cc1ccc(-c2ccc3c(c2)C=C(C(N)=O)C(C)(c2ccc(C(O)c4ccccn4)cc2)O3)cc1. The van der Waals surface area contributed by atoms with E-state index in [0.717, 1.165) is 22.3 Å². The molecule has 0 fully saturated rings. The molecule has 5 rings (SSSR count). The number of rotatable bonds is 5. The second kappa shape index (κ2) is 8.85. The molecule has 2 unspecified atom stereocenters. The lowest BCUT2D eigenvalue weighted by atomic mass is 9.83. The molecule has 1 aliphatic rings. The van der Waals surface area contributed by atoms with Crippen molar-refractivity contribution in [3.8, 4) is 16.9 Å². The minimum Gasteiger partial charge on any atom is -0.477 e. The molecule has 0 aliphatic carbocycles. The Balaban J connectivity index is 1.50. The fourth-order valence-corrected chi connectivity index (χ4v) is 4.46. The molecular formula is C30H26N2O3. The summed E-state index contributed by atoms with van der Waals surface area (Å²) < 4.78 is 6.43. The first-order chi connectivity index (χ1) is 16.8. The van der Waals surface area contributed by atoms with E-state index in [9.17, 15) is 9.90 Å². The van der Waals surface area contributed by atoms with Crippen LogP contribution in [0.3, 0.4) is 0 Å². The number of nitrogens with zero attached hydrogens (tertiary/aromatic N) is 1. The molecule has 3 aromatic carbocycles. The van der Waals surface area contributed by atoms with Gasteiger partial charge >= 0.3 is 0 Å². The van der Waals surface area contributed by atoms with E-state index in [1.165, 1.54) is 5.56 Å². The third-order valence-corrected chi connectivity index (χ3v) is 6.53. The summed E-state index contributed by atoms with van der Waals surface area (Å²) in [6, 6.07) is 27.0. The number of carbonyl (C=O) groups excluding carboxylic acids is 1. The average Bonchev–Trinajstić information content (AvgIpc) is 2.88. The number of ether oxygens (including phenoxy) is 1. The molecule has 0 spiro atoms. The summed E-state index contributed by atoms with van der Waals surface area (Å²) in [5.74, 6) is 0.127. The zero-order valence-corrected chi connectivity index (χ0v) is 19.6. The van der Waals surface area contributed by atoms with Crippen molar-refractivity contribution in [2.45, 2.75) is 25.6 Å². The van der Waals surface area contributed by atoms with E-state index in [1.807, 2.05) is 61.5 Å². The Hall–Kier alpha value is -4.22. The van der Waals surface area contributed by atoms with Crippen molar-refractivity contribution in [1.82, 2.24) is 4.98 Å². The van der Waals surface area contributed by atoms with Gasteiger partial charge in [0.1, 0.15) is 11.9 Å². The lowest BCUT2D eigenvalue weighted by Gasteiger charge is -2.36. The number of aliphatic hydroxyl groups excluding tert-OH is 1. The normalized spacial score (nSPS) is 17.6. The quantitative estimate of drug-likeness (QED) is 0.421. The van der Waals surface area contributed by atoms with E-state index in [4.69, 9.17) is 10.5 Å². The van der Waals surface area contributed by atoms with Crippen molar-refractivity contribution in [2.75, 3.05) is 0 Å². The van der Waals surface area contributed by atoms with E-state index in [2.05, 4.69) is 36.2 Å². The number of hydrogen-bond acceptors (Lipinski definition) is 4. The molecule has 0 bridgehead atoms. The molecule has 1 aliphatic heterocycles. The molecule has 3 N–H and O–H groups in total. The standard InChI is InChI=1S/C30H26N2O3/c1-19-6-8-20(9-7-19)22-12-15-27-23(17-22)18-25(29(31)34)30(2,35-27)24-13-10-21(11-14-24)28(33)26-5-3-4-16-32-26/h3-18,28,33H,1-2H3,(H2,31,34). The van der Waals surface area contributed by atoms with Gasteiger partial charge in [-0.05, 0) is 66.4 Å². The summed E-state index contributed by atoms with van der Waals surface area (Å²) in [6.45, 7) is 3.89. The van der Waals surface area contributed by atoms with Crippen LogP contribution in [-0.2, 0) is 10.4 Å². The van der Waals surface area contributed by atoms with E-state index in [1.54, 1.807) is 18.3 Å². The lowest BCUT2D eigenvalue weighted by molar-refractivity contribution is -0.116. The number of carbonyl (C=O) groups is 1. The molecule has 2 heterocycles. The molecular weight excluding hydrogens is 436 g/mol. The number of primary amides is 1. The Morgan fingerprint density at radius 1 is 0.971 bits per heavy atom. The summed E-state index contributed by atoms with van der Waals surface area (Å²) in [6.07, 6.45) is 2.61. The van der Waals surface area contributed by atoms with Gasteiger partial charge in [0.25, 0.3) is 0 Å². The van der Waals surface area contributed by atoms with Gasteiger partial charge in [-0.3, -0.25) is 9.78 Å². The topological polar surface area (TPSA) is 85.4 Å². The molecule has 0 saturated heterocycles. The van der Waals surface area contributed by atoms with Gasteiger partial charge < -0.3 is 15.6 Å². The van der Waals surface area contributed by atoms with E-state index in [-0.39, 0.29) is 0 Å². The first kappa shape index (κ1) is 22.6. The summed E-state index contributed by atoms with van der Waals surface area (Å²) in [4.78, 5) is 16.8. The predicted octanol–water partition coefficient (Wildman–Crippen LogP) is 5.32. The monoisotopic (exact) mass is 462 g/mol. The minimum absolute atomic E-state index is 0.365. The van der Waals surface area contributed by atoms with Crippen LogP contribution in [0.4, 0.5) is 0 Å². The van der Waals surface area contributed by atoms with Crippen molar-refractivity contribution < 1.29 is 14.6 Å². The van der Waals surface area contributed by atoms with Crippen LogP contribution >= 0.6 is 0 Å². The molecule has 0 saturated carbocycles. The van der Waals surface area contributed by atoms with Crippen LogP contribution in [-0.4, -0.2) is 16.0 Å². The summed E-state index contributed by atoms with van der Waals surface area (Å²) in [5, 5.41) is 10.7. The molecule has 5 nitrogen and oxygen atoms in total. The Kier molecular flexibility index (Phi) is 5.71. The van der Waals surface area contributed by atoms with Crippen molar-refractivity contribution in [2.24, 2.45) is 5.73 Å². The Bertz CT molecular complexity index is 1410. The second-order valence-corrected chi connectivity index (χ2v) is 8.96. The van der Waals surface area contributed by atoms with Crippen LogP contribution in [0.1, 0.15) is 41.0 Å². The first-order valence-corrected chi connectivity index (χ1v) is 11.5. The summed E-state index contributed by atoms with van der Waals surface area (Å²) in [5.41, 5.74) is 11.2. The number of fused-ring (bicyclic) bond motifs is 1. The fourth-order valence-electron chi connectivity index (χ4n) is 4.46. The highest BCUT2D eigenvalue weighted by atomic mass is 16.5. The van der Waals surface area contributed by atoms with Gasteiger partial charge in [0.2, 0.25) is 5.91 Å². The van der Waals surface area contributed by atoms with E-state index in [0.29, 0.717) is 22.6 Å². The Morgan fingerprint density at radius 2 is 1.69 bits per heavy atom. The highest BCUT2D eigenvalue weighted by Gasteiger charge is 2.40.